The molecule has 0 unspecified atom stereocenters. The fourth-order valence-corrected chi connectivity index (χ4v) is 2.99. The Bertz CT molecular complexity index is 723. The van der Waals surface area contributed by atoms with Crippen molar-refractivity contribution >= 4 is 11.7 Å². The fraction of sp³-hybridized carbons (Fsp3) is 0.316. The van der Waals surface area contributed by atoms with E-state index in [2.05, 4.69) is 4.98 Å². The van der Waals surface area contributed by atoms with Gasteiger partial charge in [0.1, 0.15) is 12.3 Å². The van der Waals surface area contributed by atoms with E-state index in [1.165, 1.54) is 4.90 Å². The number of rotatable bonds is 5. The van der Waals surface area contributed by atoms with Crippen molar-refractivity contribution in [1.82, 2.24) is 9.88 Å². The van der Waals surface area contributed by atoms with E-state index >= 15 is 0 Å². The topological polar surface area (TPSA) is 63.9 Å². The average Bonchev–Trinajstić information content (AvgIpc) is 2.68. The van der Waals surface area contributed by atoms with Gasteiger partial charge in [-0.2, -0.15) is 0 Å². The van der Waals surface area contributed by atoms with Crippen molar-refractivity contribution < 1.29 is 19.2 Å². The van der Waals surface area contributed by atoms with Gasteiger partial charge in [-0.25, -0.2) is 0 Å². The van der Waals surface area contributed by atoms with Crippen LogP contribution in [0.25, 0.3) is 0 Å². The quantitative estimate of drug-likeness (QED) is 0.796. The van der Waals surface area contributed by atoms with Gasteiger partial charge in [-0.3, -0.25) is 14.6 Å². The SMILES string of the molecule is COc1ccc(C(=O)C[NH+]2CCN(C(=O)c3ccncc3)CC2)cc1. The second-order valence-corrected chi connectivity index (χ2v) is 6.11. The molecule has 6 nitrogen and oxygen atoms in total. The lowest BCUT2D eigenvalue weighted by Crippen LogP contribution is -3.15. The Morgan fingerprint density at radius 1 is 1.04 bits per heavy atom. The van der Waals surface area contributed by atoms with Crippen LogP contribution in [0.2, 0.25) is 0 Å². The molecule has 1 aromatic carbocycles. The standard InChI is InChI=1S/C19H21N3O3/c1-25-17-4-2-15(3-5-17)18(23)14-21-10-12-22(13-11-21)19(24)16-6-8-20-9-7-16/h2-9H,10-14H2,1H3/p+1. The summed E-state index contributed by atoms with van der Waals surface area (Å²) in [4.78, 5) is 31.8. The summed E-state index contributed by atoms with van der Waals surface area (Å²) in [6.07, 6.45) is 3.25. The van der Waals surface area contributed by atoms with Gasteiger partial charge in [0.2, 0.25) is 5.78 Å². The van der Waals surface area contributed by atoms with Crippen LogP contribution in [0.3, 0.4) is 0 Å². The summed E-state index contributed by atoms with van der Waals surface area (Å²) in [5, 5.41) is 0. The van der Waals surface area contributed by atoms with Crippen LogP contribution < -0.4 is 9.64 Å². The highest BCUT2D eigenvalue weighted by molar-refractivity contribution is 5.97. The number of ketones is 1. The lowest BCUT2D eigenvalue weighted by atomic mass is 10.1. The fourth-order valence-electron chi connectivity index (χ4n) is 2.99. The van der Waals surface area contributed by atoms with Gasteiger partial charge in [-0.05, 0) is 36.4 Å². The van der Waals surface area contributed by atoms with Gasteiger partial charge < -0.3 is 14.5 Å². The normalized spacial score (nSPS) is 15.0. The van der Waals surface area contributed by atoms with Crippen molar-refractivity contribution in [2.75, 3.05) is 39.8 Å². The second-order valence-electron chi connectivity index (χ2n) is 6.11. The van der Waals surface area contributed by atoms with Crippen molar-refractivity contribution in [2.45, 2.75) is 0 Å². The molecule has 0 radical (unpaired) electrons. The molecule has 3 rings (SSSR count). The van der Waals surface area contributed by atoms with E-state index in [0.717, 1.165) is 18.8 Å². The van der Waals surface area contributed by atoms with Crippen LogP contribution >= 0.6 is 0 Å². The summed E-state index contributed by atoms with van der Waals surface area (Å²) in [5.41, 5.74) is 1.36. The van der Waals surface area contributed by atoms with E-state index in [4.69, 9.17) is 4.74 Å². The van der Waals surface area contributed by atoms with E-state index < -0.39 is 0 Å². The van der Waals surface area contributed by atoms with E-state index in [0.29, 0.717) is 30.8 Å². The Balaban J connectivity index is 1.52. The highest BCUT2D eigenvalue weighted by atomic mass is 16.5. The predicted octanol–water partition coefficient (Wildman–Crippen LogP) is 0.314. The zero-order valence-electron chi connectivity index (χ0n) is 14.3. The molecule has 1 amide bonds. The summed E-state index contributed by atoms with van der Waals surface area (Å²) in [6, 6.07) is 10.7. The number of hydrogen-bond acceptors (Lipinski definition) is 4. The monoisotopic (exact) mass is 340 g/mol. The number of benzene rings is 1. The molecule has 2 aromatic rings. The summed E-state index contributed by atoms with van der Waals surface area (Å²) in [6.45, 7) is 3.32. The third-order valence-corrected chi connectivity index (χ3v) is 4.51. The second kappa shape index (κ2) is 7.90. The summed E-state index contributed by atoms with van der Waals surface area (Å²) in [5.74, 6) is 0.890. The lowest BCUT2D eigenvalue weighted by Gasteiger charge is -2.32. The van der Waals surface area contributed by atoms with Crippen LogP contribution in [0.5, 0.6) is 5.75 Å². The van der Waals surface area contributed by atoms with Crippen LogP contribution in [-0.4, -0.2) is 61.4 Å². The van der Waals surface area contributed by atoms with Gasteiger partial charge in [-0.1, -0.05) is 0 Å². The number of nitrogens with zero attached hydrogens (tertiary/aromatic N) is 2. The van der Waals surface area contributed by atoms with E-state index in [-0.39, 0.29) is 11.7 Å². The largest absolute Gasteiger partial charge is 0.497 e. The minimum Gasteiger partial charge on any atom is -0.497 e. The van der Waals surface area contributed by atoms with Gasteiger partial charge in [0.05, 0.1) is 33.3 Å². The predicted molar refractivity (Wildman–Crippen MR) is 93.0 cm³/mol. The maximum Gasteiger partial charge on any atom is 0.254 e. The first-order chi connectivity index (χ1) is 12.2. The van der Waals surface area contributed by atoms with E-state index in [1.807, 2.05) is 4.90 Å². The molecule has 1 N–H and O–H groups in total. The number of Topliss-reactive ketones (excluding diaryl/α,β-unsaturated/α-hetero) is 1. The molecule has 0 atom stereocenters. The van der Waals surface area contributed by atoms with Gasteiger partial charge in [0.25, 0.3) is 5.91 Å². The molecule has 1 fully saturated rings. The maximum atomic E-state index is 12.4. The average molecular weight is 340 g/mol. The maximum absolute atomic E-state index is 12.4. The molecular formula is C19H22N3O3+. The molecule has 0 spiro atoms. The Labute approximate surface area is 147 Å². The number of amides is 1. The Kier molecular flexibility index (Phi) is 5.40. The number of carbonyl (C=O) groups excluding carboxylic acids is 2. The molecule has 130 valence electrons. The van der Waals surface area contributed by atoms with Crippen molar-refractivity contribution in [3.05, 3.63) is 59.9 Å². The molecule has 1 aliphatic rings. The Morgan fingerprint density at radius 2 is 1.68 bits per heavy atom. The van der Waals surface area contributed by atoms with Gasteiger partial charge >= 0.3 is 0 Å². The molecule has 2 heterocycles. The molecule has 0 saturated carbocycles. The van der Waals surface area contributed by atoms with Gasteiger partial charge in [0.15, 0.2) is 0 Å². The van der Waals surface area contributed by atoms with Crippen LogP contribution in [0, 0.1) is 0 Å². The minimum absolute atomic E-state index is 0.0305. The van der Waals surface area contributed by atoms with Crippen LogP contribution in [0.15, 0.2) is 48.8 Å². The van der Waals surface area contributed by atoms with E-state index in [1.54, 1.807) is 55.9 Å². The highest BCUT2D eigenvalue weighted by Crippen LogP contribution is 2.11. The van der Waals surface area contributed by atoms with Crippen LogP contribution in [-0.2, 0) is 0 Å². The smallest absolute Gasteiger partial charge is 0.254 e. The molecule has 6 heteroatoms. The van der Waals surface area contributed by atoms with Crippen molar-refractivity contribution in [3.63, 3.8) is 0 Å². The first-order valence-corrected chi connectivity index (χ1v) is 8.37. The van der Waals surface area contributed by atoms with Crippen molar-refractivity contribution in [3.8, 4) is 5.75 Å². The Morgan fingerprint density at radius 3 is 2.28 bits per heavy atom. The number of quaternary nitrogens is 1. The van der Waals surface area contributed by atoms with Crippen molar-refractivity contribution in [1.29, 1.82) is 0 Å². The zero-order chi connectivity index (χ0) is 17.6. The van der Waals surface area contributed by atoms with Gasteiger partial charge in [-0.15, -0.1) is 0 Å². The summed E-state index contributed by atoms with van der Waals surface area (Å²) >= 11 is 0. The summed E-state index contributed by atoms with van der Waals surface area (Å²) in [7, 11) is 1.60. The third-order valence-electron chi connectivity index (χ3n) is 4.51. The van der Waals surface area contributed by atoms with Crippen LogP contribution in [0.4, 0.5) is 0 Å². The molecule has 1 aromatic heterocycles. The number of piperazine rings is 1. The molecular weight excluding hydrogens is 318 g/mol. The number of carbonyl (C=O) groups is 2. The zero-order valence-corrected chi connectivity index (χ0v) is 14.3. The van der Waals surface area contributed by atoms with E-state index in [9.17, 15) is 9.59 Å². The highest BCUT2D eigenvalue weighted by Gasteiger charge is 2.26. The molecule has 25 heavy (non-hydrogen) atoms. The van der Waals surface area contributed by atoms with Crippen LogP contribution in [0.1, 0.15) is 20.7 Å². The third kappa shape index (κ3) is 4.22. The number of ether oxygens (including phenoxy) is 1. The minimum atomic E-state index is 0.0305. The van der Waals surface area contributed by atoms with Gasteiger partial charge in [0, 0.05) is 23.5 Å². The van der Waals surface area contributed by atoms with Crippen molar-refractivity contribution in [2.24, 2.45) is 0 Å². The Hall–Kier alpha value is -2.73. The first kappa shape index (κ1) is 17.1. The molecule has 1 aliphatic heterocycles. The number of nitrogens with one attached hydrogen (secondary N) is 1. The lowest BCUT2D eigenvalue weighted by molar-refractivity contribution is -0.895. The number of aromatic nitrogens is 1. The number of methoxy groups -OCH3 is 1. The summed E-state index contributed by atoms with van der Waals surface area (Å²) < 4.78 is 5.11. The first-order valence-electron chi connectivity index (χ1n) is 8.37. The molecule has 1 saturated heterocycles. The number of hydrogen-bond donors (Lipinski definition) is 1. The molecule has 0 bridgehead atoms. The molecule has 0 aliphatic carbocycles. The number of pyridine rings is 1.